The number of hydrogen-bond donors (Lipinski definition) is 2. The molecule has 9 heteroatoms. The fourth-order valence-electron chi connectivity index (χ4n) is 3.40. The van der Waals surface area contributed by atoms with Crippen LogP contribution >= 0.6 is 0 Å². The molecule has 1 amide bonds. The summed E-state index contributed by atoms with van der Waals surface area (Å²) in [6.07, 6.45) is 4.41. The van der Waals surface area contributed by atoms with Gasteiger partial charge in [-0.1, -0.05) is 6.42 Å². The number of nitrogens with zero attached hydrogens (tertiary/aromatic N) is 3. The van der Waals surface area contributed by atoms with Crippen molar-refractivity contribution < 1.29 is 13.2 Å². The Labute approximate surface area is 168 Å². The van der Waals surface area contributed by atoms with E-state index in [0.29, 0.717) is 11.3 Å². The second kappa shape index (κ2) is 7.76. The number of amides is 1. The number of carbonyl (C=O) groups excluding carboxylic acids is 1. The van der Waals surface area contributed by atoms with Crippen molar-refractivity contribution in [3.63, 3.8) is 0 Å². The summed E-state index contributed by atoms with van der Waals surface area (Å²) in [5.74, 6) is 1.53. The molecule has 3 N–H and O–H groups in total. The van der Waals surface area contributed by atoms with Crippen molar-refractivity contribution in [2.45, 2.75) is 37.1 Å². The molecule has 0 radical (unpaired) electrons. The molecule has 0 saturated heterocycles. The summed E-state index contributed by atoms with van der Waals surface area (Å²) in [4.78, 5) is 12.4. The van der Waals surface area contributed by atoms with Gasteiger partial charge in [-0.15, -0.1) is 10.2 Å². The first-order valence-electron chi connectivity index (χ1n) is 9.38. The second-order valence-electron chi connectivity index (χ2n) is 7.00. The minimum absolute atomic E-state index is 0.0363. The average molecular weight is 411 g/mol. The predicted molar refractivity (Wildman–Crippen MR) is 109 cm³/mol. The monoisotopic (exact) mass is 411 g/mol. The van der Waals surface area contributed by atoms with Crippen molar-refractivity contribution in [3.05, 3.63) is 59.9 Å². The highest BCUT2D eigenvalue weighted by atomic mass is 32.2. The van der Waals surface area contributed by atoms with Crippen LogP contribution in [0.1, 0.15) is 35.4 Å². The van der Waals surface area contributed by atoms with Crippen LogP contribution in [0.2, 0.25) is 0 Å². The van der Waals surface area contributed by atoms with Crippen molar-refractivity contribution in [1.82, 2.24) is 14.8 Å². The molecule has 8 nitrogen and oxygen atoms in total. The van der Waals surface area contributed by atoms with Crippen LogP contribution in [0, 0.1) is 0 Å². The molecule has 1 aliphatic heterocycles. The third-order valence-corrected chi connectivity index (χ3v) is 5.88. The molecule has 2 aromatic carbocycles. The summed E-state index contributed by atoms with van der Waals surface area (Å²) in [5.41, 5.74) is 1.91. The Bertz CT molecular complexity index is 1140. The Hall–Kier alpha value is -3.04. The molecular weight excluding hydrogens is 390 g/mol. The van der Waals surface area contributed by atoms with Gasteiger partial charge in [-0.05, 0) is 61.4 Å². The summed E-state index contributed by atoms with van der Waals surface area (Å²) in [5, 5.41) is 16.5. The number of anilines is 1. The highest BCUT2D eigenvalue weighted by molar-refractivity contribution is 7.89. The molecule has 1 aliphatic rings. The molecule has 0 aliphatic carbocycles. The first-order chi connectivity index (χ1) is 13.9. The molecule has 0 atom stereocenters. The maximum absolute atomic E-state index is 12.4. The van der Waals surface area contributed by atoms with E-state index in [4.69, 9.17) is 5.14 Å². The van der Waals surface area contributed by atoms with E-state index in [-0.39, 0.29) is 10.8 Å². The quantitative estimate of drug-likeness (QED) is 0.684. The van der Waals surface area contributed by atoms with Gasteiger partial charge in [-0.2, -0.15) is 0 Å². The zero-order chi connectivity index (χ0) is 20.4. The Morgan fingerprint density at radius 2 is 1.69 bits per heavy atom. The van der Waals surface area contributed by atoms with Gasteiger partial charge in [0.2, 0.25) is 10.0 Å². The van der Waals surface area contributed by atoms with Crippen molar-refractivity contribution in [1.29, 1.82) is 0 Å². The third-order valence-electron chi connectivity index (χ3n) is 4.96. The van der Waals surface area contributed by atoms with E-state index < -0.39 is 10.0 Å². The number of sulfonamides is 1. The van der Waals surface area contributed by atoms with Crippen molar-refractivity contribution in [2.24, 2.45) is 5.14 Å². The van der Waals surface area contributed by atoms with Crippen molar-refractivity contribution in [3.8, 4) is 11.4 Å². The number of primary sulfonamides is 1. The number of carbonyl (C=O) groups is 1. The van der Waals surface area contributed by atoms with Crippen LogP contribution in [0.4, 0.5) is 5.69 Å². The van der Waals surface area contributed by atoms with Gasteiger partial charge in [0.25, 0.3) is 5.91 Å². The number of benzene rings is 2. The maximum Gasteiger partial charge on any atom is 0.255 e. The van der Waals surface area contributed by atoms with Gasteiger partial charge < -0.3 is 9.88 Å². The van der Waals surface area contributed by atoms with Crippen LogP contribution in [0.25, 0.3) is 11.4 Å². The van der Waals surface area contributed by atoms with Crippen molar-refractivity contribution >= 4 is 21.6 Å². The lowest BCUT2D eigenvalue weighted by molar-refractivity contribution is 0.102. The van der Waals surface area contributed by atoms with Crippen LogP contribution in [0.5, 0.6) is 0 Å². The Balaban J connectivity index is 1.49. The number of rotatable bonds is 4. The molecule has 29 heavy (non-hydrogen) atoms. The average Bonchev–Trinajstić information content (AvgIpc) is 2.96. The zero-order valence-electron chi connectivity index (χ0n) is 15.7. The van der Waals surface area contributed by atoms with E-state index in [9.17, 15) is 13.2 Å². The van der Waals surface area contributed by atoms with Crippen LogP contribution in [0.3, 0.4) is 0 Å². The molecule has 3 aromatic rings. The molecule has 0 saturated carbocycles. The van der Waals surface area contributed by atoms with E-state index in [1.807, 2.05) is 24.3 Å². The molecule has 1 aromatic heterocycles. The number of hydrogen-bond acceptors (Lipinski definition) is 5. The minimum Gasteiger partial charge on any atom is -0.322 e. The Morgan fingerprint density at radius 3 is 2.38 bits per heavy atom. The lowest BCUT2D eigenvalue weighted by Crippen LogP contribution is -2.14. The van der Waals surface area contributed by atoms with E-state index in [0.717, 1.165) is 43.0 Å². The zero-order valence-corrected chi connectivity index (χ0v) is 16.5. The van der Waals surface area contributed by atoms with Gasteiger partial charge >= 0.3 is 0 Å². The lowest BCUT2D eigenvalue weighted by atomic mass is 10.1. The number of nitrogens with two attached hydrogens (primary N) is 1. The fourth-order valence-corrected chi connectivity index (χ4v) is 3.92. The van der Waals surface area contributed by atoms with Crippen molar-refractivity contribution in [2.75, 3.05) is 5.32 Å². The summed E-state index contributed by atoms with van der Waals surface area (Å²) in [7, 11) is -3.78. The van der Waals surface area contributed by atoms with Gasteiger partial charge in [0.05, 0.1) is 4.90 Å². The standard InChI is InChI=1S/C20H21N5O3S/c21-29(27,28)17-11-7-15(8-12-17)20(26)22-16-9-5-14(6-10-16)19-24-23-18-4-2-1-3-13-25(18)19/h5-12H,1-4,13H2,(H,22,26)(H2,21,27,28). The molecule has 0 unspecified atom stereocenters. The van der Waals surface area contributed by atoms with Crippen LogP contribution < -0.4 is 10.5 Å². The highest BCUT2D eigenvalue weighted by Gasteiger charge is 2.16. The normalized spacial score (nSPS) is 14.1. The molecule has 0 fully saturated rings. The topological polar surface area (TPSA) is 120 Å². The number of nitrogens with one attached hydrogen (secondary N) is 1. The lowest BCUT2D eigenvalue weighted by Gasteiger charge is -2.09. The summed E-state index contributed by atoms with van der Waals surface area (Å²) >= 11 is 0. The van der Waals surface area contributed by atoms with E-state index in [1.54, 1.807) is 0 Å². The van der Waals surface area contributed by atoms with Gasteiger partial charge in [-0.3, -0.25) is 4.79 Å². The fraction of sp³-hybridized carbons (Fsp3) is 0.250. The van der Waals surface area contributed by atoms with Crippen LogP contribution in [-0.4, -0.2) is 29.1 Å². The van der Waals surface area contributed by atoms with Gasteiger partial charge in [0.1, 0.15) is 5.82 Å². The molecule has 150 valence electrons. The summed E-state index contributed by atoms with van der Waals surface area (Å²) in [6, 6.07) is 12.9. The number of aromatic nitrogens is 3. The van der Waals surface area contributed by atoms with Gasteiger partial charge in [0.15, 0.2) is 5.82 Å². The predicted octanol–water partition coefficient (Wildman–Crippen LogP) is 2.57. The third kappa shape index (κ3) is 4.20. The largest absolute Gasteiger partial charge is 0.322 e. The second-order valence-corrected chi connectivity index (χ2v) is 8.56. The Kier molecular flexibility index (Phi) is 5.16. The first-order valence-corrected chi connectivity index (χ1v) is 10.9. The number of fused-ring (bicyclic) bond motifs is 1. The SMILES string of the molecule is NS(=O)(=O)c1ccc(C(=O)Nc2ccc(-c3nnc4n3CCCCC4)cc2)cc1. The van der Waals surface area contributed by atoms with Crippen LogP contribution in [0.15, 0.2) is 53.4 Å². The smallest absolute Gasteiger partial charge is 0.255 e. The first kappa shape index (κ1) is 19.3. The minimum atomic E-state index is -3.78. The molecule has 0 spiro atoms. The molecular formula is C20H21N5O3S. The molecule has 4 rings (SSSR count). The molecule has 0 bridgehead atoms. The highest BCUT2D eigenvalue weighted by Crippen LogP contribution is 2.24. The maximum atomic E-state index is 12.4. The van der Waals surface area contributed by atoms with Gasteiger partial charge in [-0.25, -0.2) is 13.6 Å². The summed E-state index contributed by atoms with van der Waals surface area (Å²) < 4.78 is 24.8. The summed E-state index contributed by atoms with van der Waals surface area (Å²) in [6.45, 7) is 0.921. The number of aryl methyl sites for hydroxylation is 1. The van der Waals surface area contributed by atoms with Gasteiger partial charge in [0, 0.05) is 29.8 Å². The van der Waals surface area contributed by atoms with Crippen LogP contribution in [-0.2, 0) is 23.0 Å². The van der Waals surface area contributed by atoms with E-state index in [2.05, 4.69) is 20.1 Å². The Morgan fingerprint density at radius 1 is 0.966 bits per heavy atom. The molecule has 2 heterocycles. The van der Waals surface area contributed by atoms with E-state index >= 15 is 0 Å². The van der Waals surface area contributed by atoms with E-state index in [1.165, 1.54) is 30.7 Å².